The molecule has 8 heteroatoms. The van der Waals surface area contributed by atoms with Crippen molar-refractivity contribution in [1.82, 2.24) is 9.97 Å². The Balaban J connectivity index is 1.80. The first-order valence-electron chi connectivity index (χ1n) is 10.6. The minimum atomic E-state index is -0.569. The normalized spacial score (nSPS) is 12.4. The van der Waals surface area contributed by atoms with Crippen molar-refractivity contribution in [2.24, 2.45) is 4.99 Å². The molecule has 0 fully saturated rings. The Morgan fingerprint density at radius 3 is 2.55 bits per heavy atom. The lowest BCUT2D eigenvalue weighted by Crippen LogP contribution is -2.27. The summed E-state index contributed by atoms with van der Waals surface area (Å²) < 4.78 is 5.33. The van der Waals surface area contributed by atoms with Gasteiger partial charge in [0, 0.05) is 23.8 Å². The van der Waals surface area contributed by atoms with E-state index in [2.05, 4.69) is 37.7 Å². The van der Waals surface area contributed by atoms with Crippen molar-refractivity contribution < 1.29 is 9.53 Å². The lowest BCUT2D eigenvalue weighted by molar-refractivity contribution is 0.0636. The Bertz CT molecular complexity index is 1110. The number of thioether (sulfide) groups is 1. The van der Waals surface area contributed by atoms with Crippen LogP contribution in [0.1, 0.15) is 44.9 Å². The minimum absolute atomic E-state index is 0.000586. The Hall–Kier alpha value is -3.39. The number of nitrogens with one attached hydrogen (secondary N) is 2. The Labute approximate surface area is 199 Å². The molecule has 0 saturated heterocycles. The standard InChI is InChI=1S/C25H29N5O2S/c1-17(18-10-7-6-8-11-18)26-15-19-16-27-23(33-5)30-22(19)28-20-12-9-13-21(14-20)29-24(31)32-25(2,3)4/h6-17H,1-5H3,(H,29,31)(H,27,28,30)/b26-15+. The molecule has 1 unspecified atom stereocenters. The largest absolute Gasteiger partial charge is 0.444 e. The van der Waals surface area contributed by atoms with Crippen LogP contribution in [0.4, 0.5) is 22.0 Å². The molecule has 2 aromatic carbocycles. The summed E-state index contributed by atoms with van der Waals surface area (Å²) in [6.45, 7) is 7.52. The maximum Gasteiger partial charge on any atom is 0.412 e. The van der Waals surface area contributed by atoms with Gasteiger partial charge in [-0.25, -0.2) is 14.8 Å². The van der Waals surface area contributed by atoms with E-state index < -0.39 is 11.7 Å². The number of ether oxygens (including phenoxy) is 1. The third kappa shape index (κ3) is 7.61. The number of aromatic nitrogens is 2. The number of anilines is 3. The summed E-state index contributed by atoms with van der Waals surface area (Å²) in [4.78, 5) is 25.8. The molecule has 0 spiro atoms. The van der Waals surface area contributed by atoms with Gasteiger partial charge in [-0.15, -0.1) is 0 Å². The molecule has 172 valence electrons. The van der Waals surface area contributed by atoms with E-state index in [9.17, 15) is 4.79 Å². The van der Waals surface area contributed by atoms with E-state index in [1.54, 1.807) is 18.5 Å². The van der Waals surface area contributed by atoms with Crippen molar-refractivity contribution in [3.8, 4) is 0 Å². The van der Waals surface area contributed by atoms with Gasteiger partial charge in [0.25, 0.3) is 0 Å². The summed E-state index contributed by atoms with van der Waals surface area (Å²) in [6.07, 6.45) is 4.96. The highest BCUT2D eigenvalue weighted by Crippen LogP contribution is 2.24. The molecule has 1 atom stereocenters. The number of rotatable bonds is 7. The van der Waals surface area contributed by atoms with Crippen molar-refractivity contribution in [3.05, 3.63) is 71.9 Å². The summed E-state index contributed by atoms with van der Waals surface area (Å²) in [5.74, 6) is 0.632. The van der Waals surface area contributed by atoms with Crippen molar-refractivity contribution in [2.75, 3.05) is 16.9 Å². The maximum atomic E-state index is 12.1. The molecule has 3 aromatic rings. The molecule has 1 aromatic heterocycles. The quantitative estimate of drug-likeness (QED) is 0.237. The molecule has 1 heterocycles. The number of amides is 1. The fourth-order valence-electron chi connectivity index (χ4n) is 2.91. The summed E-state index contributed by atoms with van der Waals surface area (Å²) in [6, 6.07) is 17.5. The monoisotopic (exact) mass is 463 g/mol. The molecule has 3 rings (SSSR count). The molecule has 0 bridgehead atoms. The van der Waals surface area contributed by atoms with E-state index in [4.69, 9.17) is 4.74 Å². The van der Waals surface area contributed by atoms with Gasteiger partial charge < -0.3 is 10.1 Å². The van der Waals surface area contributed by atoms with Crippen LogP contribution in [0.25, 0.3) is 0 Å². The first-order valence-corrected chi connectivity index (χ1v) is 11.8. The number of aliphatic imine (C=N–C) groups is 1. The van der Waals surface area contributed by atoms with Crippen LogP contribution in [0.15, 0.2) is 70.9 Å². The van der Waals surface area contributed by atoms with E-state index in [1.807, 2.05) is 70.3 Å². The zero-order valence-electron chi connectivity index (χ0n) is 19.5. The molecular weight excluding hydrogens is 434 g/mol. The lowest BCUT2D eigenvalue weighted by Gasteiger charge is -2.19. The van der Waals surface area contributed by atoms with Crippen LogP contribution in [0.3, 0.4) is 0 Å². The first kappa shape index (κ1) is 24.3. The Morgan fingerprint density at radius 2 is 1.85 bits per heavy atom. The minimum Gasteiger partial charge on any atom is -0.444 e. The van der Waals surface area contributed by atoms with Crippen molar-refractivity contribution in [2.45, 2.75) is 44.5 Å². The Morgan fingerprint density at radius 1 is 1.12 bits per heavy atom. The van der Waals surface area contributed by atoms with Crippen LogP contribution >= 0.6 is 11.8 Å². The molecule has 7 nitrogen and oxygen atoms in total. The number of hydrogen-bond acceptors (Lipinski definition) is 7. The predicted octanol–water partition coefficient (Wildman–Crippen LogP) is 6.47. The summed E-state index contributed by atoms with van der Waals surface area (Å²) >= 11 is 1.46. The fourth-order valence-corrected chi connectivity index (χ4v) is 3.25. The van der Waals surface area contributed by atoms with Crippen LogP contribution in [0.5, 0.6) is 0 Å². The van der Waals surface area contributed by atoms with Gasteiger partial charge >= 0.3 is 6.09 Å². The van der Waals surface area contributed by atoms with Crippen LogP contribution in [-0.2, 0) is 4.74 Å². The molecule has 0 aliphatic heterocycles. The van der Waals surface area contributed by atoms with Gasteiger partial charge in [-0.05, 0) is 57.7 Å². The number of hydrogen-bond donors (Lipinski definition) is 2. The molecule has 2 N–H and O–H groups in total. The van der Waals surface area contributed by atoms with Gasteiger partial charge in [-0.3, -0.25) is 10.3 Å². The van der Waals surface area contributed by atoms with Gasteiger partial charge in [-0.2, -0.15) is 0 Å². The molecule has 0 aliphatic rings. The highest BCUT2D eigenvalue weighted by molar-refractivity contribution is 7.98. The van der Waals surface area contributed by atoms with E-state index >= 15 is 0 Å². The number of nitrogens with zero attached hydrogens (tertiary/aromatic N) is 3. The van der Waals surface area contributed by atoms with E-state index in [0.29, 0.717) is 16.7 Å². The van der Waals surface area contributed by atoms with Gasteiger partial charge in [0.1, 0.15) is 11.4 Å². The first-order chi connectivity index (χ1) is 15.7. The fraction of sp³-hybridized carbons (Fsp3) is 0.280. The second-order valence-electron chi connectivity index (χ2n) is 8.36. The average Bonchev–Trinajstić information content (AvgIpc) is 2.77. The maximum absolute atomic E-state index is 12.1. The summed E-state index contributed by atoms with van der Waals surface area (Å²) in [5, 5.41) is 6.73. The van der Waals surface area contributed by atoms with Crippen molar-refractivity contribution in [3.63, 3.8) is 0 Å². The van der Waals surface area contributed by atoms with E-state index in [1.165, 1.54) is 11.8 Å². The molecule has 0 saturated carbocycles. The van der Waals surface area contributed by atoms with Crippen molar-refractivity contribution in [1.29, 1.82) is 0 Å². The number of carbonyl (C=O) groups excluding carboxylic acids is 1. The van der Waals surface area contributed by atoms with E-state index in [-0.39, 0.29) is 6.04 Å². The zero-order chi connectivity index (χ0) is 23.8. The van der Waals surface area contributed by atoms with Crippen LogP contribution in [-0.4, -0.2) is 34.1 Å². The third-order valence-electron chi connectivity index (χ3n) is 4.47. The average molecular weight is 464 g/mol. The zero-order valence-corrected chi connectivity index (χ0v) is 20.3. The highest BCUT2D eigenvalue weighted by Gasteiger charge is 2.16. The number of carbonyl (C=O) groups is 1. The second kappa shape index (κ2) is 11.0. The highest BCUT2D eigenvalue weighted by atomic mass is 32.2. The third-order valence-corrected chi connectivity index (χ3v) is 5.03. The molecule has 33 heavy (non-hydrogen) atoms. The van der Waals surface area contributed by atoms with Gasteiger partial charge in [0.05, 0.1) is 11.6 Å². The molecular formula is C25H29N5O2S. The van der Waals surface area contributed by atoms with Crippen LogP contribution in [0.2, 0.25) is 0 Å². The molecule has 0 radical (unpaired) electrons. The van der Waals surface area contributed by atoms with Gasteiger partial charge in [0.15, 0.2) is 5.16 Å². The molecule has 0 aliphatic carbocycles. The predicted molar refractivity (Wildman–Crippen MR) is 136 cm³/mol. The lowest BCUT2D eigenvalue weighted by atomic mass is 10.1. The van der Waals surface area contributed by atoms with Gasteiger partial charge in [0.2, 0.25) is 0 Å². The summed E-state index contributed by atoms with van der Waals surface area (Å²) in [5.41, 5.74) is 2.70. The smallest absolute Gasteiger partial charge is 0.412 e. The van der Waals surface area contributed by atoms with Crippen molar-refractivity contribution >= 4 is 41.3 Å². The molecule has 1 amide bonds. The second-order valence-corrected chi connectivity index (χ2v) is 9.13. The van der Waals surface area contributed by atoms with Crippen LogP contribution < -0.4 is 10.6 Å². The Kier molecular flexibility index (Phi) is 8.06. The SMILES string of the molecule is CSc1ncc(/C=N/C(C)c2ccccc2)c(Nc2cccc(NC(=O)OC(C)(C)C)c2)n1. The van der Waals surface area contributed by atoms with Gasteiger partial charge in [-0.1, -0.05) is 48.2 Å². The summed E-state index contributed by atoms with van der Waals surface area (Å²) in [7, 11) is 0. The van der Waals surface area contributed by atoms with Crippen LogP contribution in [0, 0.1) is 0 Å². The number of benzene rings is 2. The topological polar surface area (TPSA) is 88.5 Å². The van der Waals surface area contributed by atoms with E-state index in [0.717, 1.165) is 16.8 Å².